The fourth-order valence-corrected chi connectivity index (χ4v) is 6.69. The van der Waals surface area contributed by atoms with E-state index in [1.54, 1.807) is 6.08 Å². The van der Waals surface area contributed by atoms with E-state index in [2.05, 4.69) is 67.8 Å². The third kappa shape index (κ3) is 40.2. The number of aliphatic hydroxyl groups excluding tert-OH is 1. The number of phosphoric acid groups is 1. The van der Waals surface area contributed by atoms with Crippen LogP contribution < -0.4 is 5.32 Å². The van der Waals surface area contributed by atoms with Crippen molar-refractivity contribution < 1.29 is 32.9 Å². The topological polar surface area (TPSA) is 105 Å². The predicted molar refractivity (Wildman–Crippen MR) is 235 cm³/mol. The molecule has 0 fully saturated rings. The summed E-state index contributed by atoms with van der Waals surface area (Å²) in [5.41, 5.74) is 0. The van der Waals surface area contributed by atoms with Crippen LogP contribution in [0, 0.1) is 0 Å². The van der Waals surface area contributed by atoms with Crippen LogP contribution in [-0.2, 0) is 18.4 Å². The van der Waals surface area contributed by atoms with E-state index >= 15 is 0 Å². The Hall–Kier alpha value is -1.80. The highest BCUT2D eigenvalue weighted by molar-refractivity contribution is 7.47. The lowest BCUT2D eigenvalue weighted by Gasteiger charge is -2.25. The van der Waals surface area contributed by atoms with Crippen LogP contribution in [0.1, 0.15) is 174 Å². The van der Waals surface area contributed by atoms with Gasteiger partial charge in [-0.05, 0) is 64.2 Å². The molecule has 0 aromatic rings. The first-order chi connectivity index (χ1) is 26.5. The van der Waals surface area contributed by atoms with E-state index < -0.39 is 20.0 Å². The molecule has 3 unspecified atom stereocenters. The van der Waals surface area contributed by atoms with Crippen molar-refractivity contribution in [3.05, 3.63) is 60.8 Å². The van der Waals surface area contributed by atoms with Crippen molar-refractivity contribution in [1.29, 1.82) is 0 Å². The van der Waals surface area contributed by atoms with Gasteiger partial charge in [0.05, 0.1) is 39.9 Å². The molecular weight excluding hydrogens is 707 g/mol. The fraction of sp³-hybridized carbons (Fsp3) is 0.761. The maximum absolute atomic E-state index is 12.9. The van der Waals surface area contributed by atoms with Crippen LogP contribution in [0.25, 0.3) is 0 Å². The number of carbonyl (C=O) groups is 1. The molecule has 0 aliphatic carbocycles. The second-order valence-corrected chi connectivity index (χ2v) is 17.5. The quantitative estimate of drug-likeness (QED) is 0.0248. The van der Waals surface area contributed by atoms with E-state index in [-0.39, 0.29) is 19.1 Å². The molecule has 0 aliphatic rings. The second kappa shape index (κ2) is 37.8. The first-order valence-corrected chi connectivity index (χ1v) is 23.7. The predicted octanol–water partition coefficient (Wildman–Crippen LogP) is 12.2. The molecular formula is C46H86N2O6P+. The second-order valence-electron chi connectivity index (χ2n) is 16.0. The van der Waals surface area contributed by atoms with Gasteiger partial charge in [-0.15, -0.1) is 0 Å². The maximum Gasteiger partial charge on any atom is 0.472 e. The number of nitrogens with zero attached hydrogens (tertiary/aromatic N) is 1. The molecule has 8 nitrogen and oxygen atoms in total. The van der Waals surface area contributed by atoms with Crippen molar-refractivity contribution in [2.75, 3.05) is 40.9 Å². The zero-order valence-electron chi connectivity index (χ0n) is 36.1. The summed E-state index contributed by atoms with van der Waals surface area (Å²) in [6.07, 6.45) is 48.6. The number of unbranched alkanes of at least 4 members (excludes halogenated alkanes) is 18. The smallest absolute Gasteiger partial charge is 0.387 e. The summed E-state index contributed by atoms with van der Waals surface area (Å²) >= 11 is 0. The van der Waals surface area contributed by atoms with Gasteiger partial charge in [0.1, 0.15) is 13.2 Å². The monoisotopic (exact) mass is 794 g/mol. The van der Waals surface area contributed by atoms with Crippen molar-refractivity contribution in [1.82, 2.24) is 5.32 Å². The van der Waals surface area contributed by atoms with Gasteiger partial charge in [0.15, 0.2) is 0 Å². The first kappa shape index (κ1) is 53.2. The summed E-state index contributed by atoms with van der Waals surface area (Å²) in [7, 11) is 1.54. The van der Waals surface area contributed by atoms with Crippen LogP contribution in [-0.4, -0.2) is 73.4 Å². The van der Waals surface area contributed by atoms with E-state index in [0.29, 0.717) is 17.4 Å². The Bertz CT molecular complexity index is 1080. The van der Waals surface area contributed by atoms with Crippen molar-refractivity contribution in [2.24, 2.45) is 0 Å². The first-order valence-electron chi connectivity index (χ1n) is 22.2. The highest BCUT2D eigenvalue weighted by atomic mass is 31.2. The van der Waals surface area contributed by atoms with Gasteiger partial charge in [0, 0.05) is 6.42 Å². The van der Waals surface area contributed by atoms with E-state index in [0.717, 1.165) is 70.6 Å². The molecule has 55 heavy (non-hydrogen) atoms. The Morgan fingerprint density at radius 1 is 0.636 bits per heavy atom. The molecule has 0 bridgehead atoms. The van der Waals surface area contributed by atoms with Crippen molar-refractivity contribution >= 4 is 13.7 Å². The minimum atomic E-state index is -4.35. The number of carbonyl (C=O) groups excluding carboxylic acids is 1. The highest BCUT2D eigenvalue weighted by Gasteiger charge is 2.27. The normalized spacial score (nSPS) is 15.0. The van der Waals surface area contributed by atoms with Crippen LogP contribution in [0.2, 0.25) is 0 Å². The third-order valence-corrected chi connectivity index (χ3v) is 10.5. The van der Waals surface area contributed by atoms with Gasteiger partial charge in [-0.25, -0.2) is 4.57 Å². The van der Waals surface area contributed by atoms with Gasteiger partial charge in [-0.3, -0.25) is 13.8 Å². The minimum Gasteiger partial charge on any atom is -0.387 e. The van der Waals surface area contributed by atoms with Gasteiger partial charge in [0.2, 0.25) is 5.91 Å². The molecule has 0 spiro atoms. The van der Waals surface area contributed by atoms with Gasteiger partial charge < -0.3 is 19.8 Å². The van der Waals surface area contributed by atoms with Gasteiger partial charge in [-0.1, -0.05) is 164 Å². The number of likely N-dealkylation sites (N-methyl/N-ethyl adjacent to an activating group) is 1. The molecule has 0 aliphatic heterocycles. The average Bonchev–Trinajstić information content (AvgIpc) is 3.13. The molecule has 0 radical (unpaired) electrons. The summed E-state index contributed by atoms with van der Waals surface area (Å²) in [4.78, 5) is 23.1. The average molecular weight is 794 g/mol. The highest BCUT2D eigenvalue weighted by Crippen LogP contribution is 2.43. The summed E-state index contributed by atoms with van der Waals surface area (Å²) < 4.78 is 23.5. The molecule has 320 valence electrons. The minimum absolute atomic E-state index is 0.0516. The van der Waals surface area contributed by atoms with Gasteiger partial charge in [0.25, 0.3) is 0 Å². The number of quaternary nitrogens is 1. The zero-order valence-corrected chi connectivity index (χ0v) is 37.0. The molecule has 0 saturated heterocycles. The van der Waals surface area contributed by atoms with Crippen molar-refractivity contribution in [2.45, 2.75) is 187 Å². The summed E-state index contributed by atoms with van der Waals surface area (Å²) in [5, 5.41) is 13.8. The molecule has 9 heteroatoms. The number of hydrogen-bond acceptors (Lipinski definition) is 5. The van der Waals surface area contributed by atoms with Crippen LogP contribution in [0.15, 0.2) is 60.8 Å². The standard InChI is InChI=1S/C46H85N2O6P/c1-6-8-10-12-14-16-18-20-22-24-26-28-30-32-34-36-38-40-46(50)47-44(43-54-55(51,52)53-42-41-48(3,4)5)45(49)39-37-35-33-31-29-27-25-23-21-19-17-15-13-11-9-7-2/h8,10,14,16,20,22,29,31,37,39,44-45,49H,6-7,9,11-13,15,17-19,21,23-28,30,32-36,38,40-43H2,1-5H3,(H-,47,50,51,52)/p+1/b10-8-,16-14-,22-20-,31-29+,39-37+. The van der Waals surface area contributed by atoms with E-state index in [9.17, 15) is 19.4 Å². The lowest BCUT2D eigenvalue weighted by Crippen LogP contribution is -2.45. The van der Waals surface area contributed by atoms with Gasteiger partial charge in [-0.2, -0.15) is 0 Å². The molecule has 0 saturated carbocycles. The number of nitrogens with one attached hydrogen (secondary N) is 1. The molecule has 0 aromatic carbocycles. The third-order valence-electron chi connectivity index (χ3n) is 9.47. The van der Waals surface area contributed by atoms with Crippen LogP contribution in [0.4, 0.5) is 0 Å². The number of phosphoric ester groups is 1. The number of amides is 1. The van der Waals surface area contributed by atoms with Gasteiger partial charge >= 0.3 is 7.82 Å². The number of aliphatic hydroxyl groups is 1. The molecule has 0 rings (SSSR count). The molecule has 3 atom stereocenters. The fourth-order valence-electron chi connectivity index (χ4n) is 5.95. The number of allylic oxidation sites excluding steroid dienone is 9. The van der Waals surface area contributed by atoms with E-state index in [1.807, 2.05) is 27.2 Å². The summed E-state index contributed by atoms with van der Waals surface area (Å²) in [6.45, 7) is 4.66. The lowest BCUT2D eigenvalue weighted by atomic mass is 10.1. The molecule has 0 heterocycles. The van der Waals surface area contributed by atoms with Crippen LogP contribution in [0.5, 0.6) is 0 Å². The Labute approximate surface area is 339 Å². The molecule has 0 aromatic heterocycles. The van der Waals surface area contributed by atoms with E-state index in [1.165, 1.54) is 83.5 Å². The van der Waals surface area contributed by atoms with Crippen LogP contribution >= 0.6 is 7.82 Å². The Kier molecular flexibility index (Phi) is 36.5. The Morgan fingerprint density at radius 2 is 1.11 bits per heavy atom. The maximum atomic E-state index is 12.9. The molecule has 3 N–H and O–H groups in total. The SMILES string of the molecule is CC/C=C\C/C=C\C/C=C\CCCCCCCCCC(=O)NC(COP(=O)(O)OCC[N+](C)(C)C)C(O)/C=C/CC/C=C/CCCCCCCCCCCC. The van der Waals surface area contributed by atoms with Crippen LogP contribution in [0.3, 0.4) is 0 Å². The van der Waals surface area contributed by atoms with Crippen molar-refractivity contribution in [3.63, 3.8) is 0 Å². The Morgan fingerprint density at radius 3 is 1.67 bits per heavy atom. The largest absolute Gasteiger partial charge is 0.472 e. The van der Waals surface area contributed by atoms with E-state index in [4.69, 9.17) is 9.05 Å². The number of rotatable bonds is 39. The van der Waals surface area contributed by atoms with Crippen molar-refractivity contribution in [3.8, 4) is 0 Å². The summed E-state index contributed by atoms with van der Waals surface area (Å²) in [6, 6.07) is -0.869. The zero-order chi connectivity index (χ0) is 40.7. The number of hydrogen-bond donors (Lipinski definition) is 3. The summed E-state index contributed by atoms with van der Waals surface area (Å²) in [5.74, 6) is -0.200. The molecule has 1 amide bonds. The Balaban J connectivity index is 4.50. The lowest BCUT2D eigenvalue weighted by molar-refractivity contribution is -0.870.